The van der Waals surface area contributed by atoms with Gasteiger partial charge in [-0.05, 0) is 66.5 Å². The van der Waals surface area contributed by atoms with Crippen LogP contribution in [0.25, 0.3) is 0 Å². The molecule has 1 amide bonds. The molecule has 0 radical (unpaired) electrons. The van der Waals surface area contributed by atoms with Crippen LogP contribution < -0.4 is 4.90 Å². The van der Waals surface area contributed by atoms with Gasteiger partial charge in [0.05, 0.1) is 0 Å². The highest BCUT2D eigenvalue weighted by Crippen LogP contribution is 2.43. The molecule has 2 fully saturated rings. The average molecular weight is 388 g/mol. The van der Waals surface area contributed by atoms with Gasteiger partial charge in [0, 0.05) is 42.5 Å². The molecule has 3 rings (SSSR count). The van der Waals surface area contributed by atoms with E-state index < -0.39 is 0 Å². The van der Waals surface area contributed by atoms with Crippen LogP contribution in [0.1, 0.15) is 68.8 Å². The third-order valence-electron chi connectivity index (χ3n) is 6.51. The Kier molecular flexibility index (Phi) is 5.72. The number of anilines is 1. The van der Waals surface area contributed by atoms with Crippen molar-refractivity contribution in [2.75, 3.05) is 32.1 Å². The Morgan fingerprint density at radius 2 is 1.79 bits per heavy atom. The third kappa shape index (κ3) is 4.02. The average Bonchev–Trinajstić information content (AvgIpc) is 3.05. The summed E-state index contributed by atoms with van der Waals surface area (Å²) in [7, 11) is 4.25. The number of hydrogen-bond acceptors (Lipinski definition) is 5. The fourth-order valence-corrected chi connectivity index (χ4v) is 4.72. The second-order valence-electron chi connectivity index (χ2n) is 9.97. The predicted octanol–water partition coefficient (Wildman–Crippen LogP) is 3.27. The van der Waals surface area contributed by atoms with Crippen molar-refractivity contribution < 1.29 is 4.79 Å². The van der Waals surface area contributed by atoms with Gasteiger partial charge in [-0.25, -0.2) is 9.97 Å². The second-order valence-corrected chi connectivity index (χ2v) is 9.97. The molecule has 156 valence electrons. The quantitative estimate of drug-likeness (QED) is 0.776. The van der Waals surface area contributed by atoms with E-state index in [9.17, 15) is 4.79 Å². The Labute approximate surface area is 170 Å². The van der Waals surface area contributed by atoms with Gasteiger partial charge in [0.2, 0.25) is 5.82 Å². The summed E-state index contributed by atoms with van der Waals surface area (Å²) in [6.07, 6.45) is 3.21. The predicted molar refractivity (Wildman–Crippen MR) is 114 cm³/mol. The Balaban J connectivity index is 1.87. The fraction of sp³-hybridized carbons (Fsp3) is 0.773. The first kappa shape index (κ1) is 21.0. The molecule has 1 aromatic rings. The third-order valence-corrected chi connectivity index (χ3v) is 6.51. The number of amides is 1. The van der Waals surface area contributed by atoms with E-state index in [0.29, 0.717) is 23.3 Å². The molecule has 1 saturated carbocycles. The molecule has 1 saturated heterocycles. The SMILES string of the molecule is Cc1nc(C(=O)N(C(C)C)C2CC(C)(C)C2)nc(N2CC[C@@H](N(C)C)C2)c1C. The van der Waals surface area contributed by atoms with Gasteiger partial charge >= 0.3 is 0 Å². The number of carbonyl (C=O) groups is 1. The van der Waals surface area contributed by atoms with Crippen molar-refractivity contribution in [2.45, 2.75) is 78.9 Å². The van der Waals surface area contributed by atoms with Crippen molar-refractivity contribution in [1.29, 1.82) is 0 Å². The lowest BCUT2D eigenvalue weighted by molar-refractivity contribution is 0.00942. The van der Waals surface area contributed by atoms with Crippen molar-refractivity contribution >= 4 is 11.7 Å². The number of rotatable bonds is 5. The van der Waals surface area contributed by atoms with Crippen LogP contribution >= 0.6 is 0 Å². The largest absolute Gasteiger partial charge is 0.355 e. The van der Waals surface area contributed by atoms with Crippen LogP contribution in [0.3, 0.4) is 0 Å². The highest BCUT2D eigenvalue weighted by atomic mass is 16.2. The van der Waals surface area contributed by atoms with Crippen molar-refractivity contribution in [1.82, 2.24) is 19.8 Å². The van der Waals surface area contributed by atoms with E-state index in [2.05, 4.69) is 63.5 Å². The maximum absolute atomic E-state index is 13.4. The monoisotopic (exact) mass is 387 g/mol. The summed E-state index contributed by atoms with van der Waals surface area (Å²) >= 11 is 0. The van der Waals surface area contributed by atoms with Gasteiger partial charge in [-0.2, -0.15) is 0 Å². The molecule has 0 bridgehead atoms. The van der Waals surface area contributed by atoms with Gasteiger partial charge in [-0.15, -0.1) is 0 Å². The van der Waals surface area contributed by atoms with Gasteiger partial charge < -0.3 is 14.7 Å². The summed E-state index contributed by atoms with van der Waals surface area (Å²) in [5, 5.41) is 0. The number of likely N-dealkylation sites (N-methyl/N-ethyl adjacent to an activating group) is 1. The van der Waals surface area contributed by atoms with E-state index in [0.717, 1.165) is 49.4 Å². The number of aryl methyl sites for hydroxylation is 1. The van der Waals surface area contributed by atoms with Gasteiger partial charge in [0.15, 0.2) is 0 Å². The van der Waals surface area contributed by atoms with Crippen LogP contribution in [0.5, 0.6) is 0 Å². The summed E-state index contributed by atoms with van der Waals surface area (Å²) in [5.41, 5.74) is 2.31. The molecule has 2 heterocycles. The van der Waals surface area contributed by atoms with Gasteiger partial charge in [-0.3, -0.25) is 4.79 Å². The molecule has 0 aromatic carbocycles. The van der Waals surface area contributed by atoms with E-state index in [1.807, 2.05) is 11.8 Å². The summed E-state index contributed by atoms with van der Waals surface area (Å²) < 4.78 is 0. The first-order valence-corrected chi connectivity index (χ1v) is 10.6. The van der Waals surface area contributed by atoms with Gasteiger partial charge in [-0.1, -0.05) is 13.8 Å². The van der Waals surface area contributed by atoms with Crippen LogP contribution in [0, 0.1) is 19.3 Å². The smallest absolute Gasteiger partial charge is 0.292 e. The minimum absolute atomic E-state index is 0.0248. The summed E-state index contributed by atoms with van der Waals surface area (Å²) in [4.78, 5) is 29.4. The standard InChI is InChI=1S/C22H37N5O/c1-14(2)27(18-11-22(5,6)12-18)21(28)19-23-16(4)15(3)20(24-19)26-10-9-17(13-26)25(7)8/h14,17-18H,9-13H2,1-8H3/t17-/m1/s1. The molecule has 28 heavy (non-hydrogen) atoms. The summed E-state index contributed by atoms with van der Waals surface area (Å²) in [5.74, 6) is 1.26. The molecule has 1 aliphatic carbocycles. The minimum Gasteiger partial charge on any atom is -0.355 e. The van der Waals surface area contributed by atoms with Crippen LogP contribution in [0.4, 0.5) is 5.82 Å². The first-order chi connectivity index (χ1) is 13.0. The normalized spacial score (nSPS) is 22.1. The Bertz CT molecular complexity index is 735. The lowest BCUT2D eigenvalue weighted by Gasteiger charge is -2.49. The summed E-state index contributed by atoms with van der Waals surface area (Å²) in [6.45, 7) is 14.7. The minimum atomic E-state index is -0.0248. The highest BCUT2D eigenvalue weighted by molar-refractivity contribution is 5.91. The molecular formula is C22H37N5O. The first-order valence-electron chi connectivity index (χ1n) is 10.6. The molecular weight excluding hydrogens is 350 g/mol. The van der Waals surface area contributed by atoms with E-state index >= 15 is 0 Å². The molecule has 2 aliphatic rings. The van der Waals surface area contributed by atoms with Crippen molar-refractivity contribution in [3.8, 4) is 0 Å². The maximum atomic E-state index is 13.4. The Morgan fingerprint density at radius 1 is 1.14 bits per heavy atom. The van der Waals surface area contributed by atoms with Crippen LogP contribution in [-0.2, 0) is 0 Å². The molecule has 0 spiro atoms. The van der Waals surface area contributed by atoms with E-state index in [-0.39, 0.29) is 11.9 Å². The molecule has 1 aromatic heterocycles. The molecule has 6 nitrogen and oxygen atoms in total. The number of hydrogen-bond donors (Lipinski definition) is 0. The van der Waals surface area contributed by atoms with Crippen molar-refractivity contribution in [2.24, 2.45) is 5.41 Å². The van der Waals surface area contributed by atoms with Crippen molar-refractivity contribution in [3.63, 3.8) is 0 Å². The van der Waals surface area contributed by atoms with Crippen LogP contribution in [0.15, 0.2) is 0 Å². The lowest BCUT2D eigenvalue weighted by Crippen LogP contribution is -2.54. The van der Waals surface area contributed by atoms with E-state index in [4.69, 9.17) is 4.98 Å². The Morgan fingerprint density at radius 3 is 2.29 bits per heavy atom. The van der Waals surface area contributed by atoms with Crippen LogP contribution in [-0.4, -0.2) is 71.0 Å². The number of aromatic nitrogens is 2. The Hall–Kier alpha value is -1.69. The topological polar surface area (TPSA) is 52.6 Å². The van der Waals surface area contributed by atoms with Gasteiger partial charge in [0.25, 0.3) is 5.91 Å². The summed E-state index contributed by atoms with van der Waals surface area (Å²) in [6, 6.07) is 0.964. The van der Waals surface area contributed by atoms with Gasteiger partial charge in [0.1, 0.15) is 5.82 Å². The fourth-order valence-electron chi connectivity index (χ4n) is 4.72. The van der Waals surface area contributed by atoms with E-state index in [1.165, 1.54) is 0 Å². The number of carbonyl (C=O) groups excluding carboxylic acids is 1. The molecule has 6 heteroatoms. The zero-order valence-corrected chi connectivity index (χ0v) is 18.9. The van der Waals surface area contributed by atoms with Crippen LogP contribution in [0.2, 0.25) is 0 Å². The van der Waals surface area contributed by atoms with Crippen molar-refractivity contribution in [3.05, 3.63) is 17.1 Å². The highest BCUT2D eigenvalue weighted by Gasteiger charge is 2.43. The molecule has 0 unspecified atom stereocenters. The van der Waals surface area contributed by atoms with E-state index in [1.54, 1.807) is 0 Å². The molecule has 0 N–H and O–H groups in total. The lowest BCUT2D eigenvalue weighted by atomic mass is 9.67. The zero-order valence-electron chi connectivity index (χ0n) is 18.9. The maximum Gasteiger partial charge on any atom is 0.292 e. The second kappa shape index (κ2) is 7.62. The molecule has 1 aliphatic heterocycles. The zero-order chi connectivity index (χ0) is 20.8. The molecule has 1 atom stereocenters. The number of nitrogens with zero attached hydrogens (tertiary/aromatic N) is 5.